The number of phenols is 1. The van der Waals surface area contributed by atoms with Gasteiger partial charge in [-0.1, -0.05) is 13.8 Å². The Morgan fingerprint density at radius 1 is 1.07 bits per heavy atom. The van der Waals surface area contributed by atoms with E-state index >= 15 is 0 Å². The van der Waals surface area contributed by atoms with E-state index in [0.29, 0.717) is 15.8 Å². The third kappa shape index (κ3) is 2.48. The molecule has 6 heteroatoms. The van der Waals surface area contributed by atoms with Crippen LogP contribution in [0, 0.1) is 6.92 Å². The minimum Gasteiger partial charge on any atom is -0.506 e. The van der Waals surface area contributed by atoms with Gasteiger partial charge in [0.05, 0.1) is 21.0 Å². The molecule has 1 aliphatic carbocycles. The number of aryl methyl sites for hydroxylation is 1. The molecule has 3 aromatic rings. The first-order valence-corrected chi connectivity index (χ1v) is 9.77. The summed E-state index contributed by atoms with van der Waals surface area (Å²) in [5, 5.41) is 10.7. The van der Waals surface area contributed by atoms with Crippen LogP contribution in [0.2, 0.25) is 0 Å². The van der Waals surface area contributed by atoms with Gasteiger partial charge in [-0.25, -0.2) is 0 Å². The Kier molecular flexibility index (Phi) is 4.27. The first kappa shape index (κ1) is 18.6. The number of carbonyl (C=O) groups excluding carboxylic acids is 2. The van der Waals surface area contributed by atoms with Crippen LogP contribution in [0.4, 0.5) is 0 Å². The lowest BCUT2D eigenvalue weighted by molar-refractivity contribution is 0.0977. The van der Waals surface area contributed by atoms with Gasteiger partial charge in [0.15, 0.2) is 11.2 Å². The summed E-state index contributed by atoms with van der Waals surface area (Å²) in [4.78, 5) is 39.2. The summed E-state index contributed by atoms with van der Waals surface area (Å²) >= 11 is 3.19. The molecule has 1 aliphatic rings. The number of hydrogen-bond donors (Lipinski definition) is 1. The quantitative estimate of drug-likeness (QED) is 0.481. The first-order valence-electron chi connectivity index (χ1n) is 8.98. The molecule has 0 bridgehead atoms. The molecular formula is C22H17BrO5. The summed E-state index contributed by atoms with van der Waals surface area (Å²) in [5.41, 5.74) is 0.722. The topological polar surface area (TPSA) is 84.6 Å². The predicted octanol–water partition coefficient (Wildman–Crippen LogP) is 4.86. The maximum absolute atomic E-state index is 13.3. The van der Waals surface area contributed by atoms with Crippen molar-refractivity contribution in [3.63, 3.8) is 0 Å². The van der Waals surface area contributed by atoms with Crippen molar-refractivity contribution >= 4 is 38.5 Å². The molecule has 142 valence electrons. The Morgan fingerprint density at radius 3 is 2.46 bits per heavy atom. The molecule has 28 heavy (non-hydrogen) atoms. The summed E-state index contributed by atoms with van der Waals surface area (Å²) in [6, 6.07) is 6.04. The van der Waals surface area contributed by atoms with Crippen molar-refractivity contribution in [1.82, 2.24) is 0 Å². The molecule has 0 spiro atoms. The second-order valence-corrected chi connectivity index (χ2v) is 7.97. The zero-order valence-corrected chi connectivity index (χ0v) is 17.1. The molecule has 1 atom stereocenters. The van der Waals surface area contributed by atoms with Gasteiger partial charge in [0.1, 0.15) is 17.1 Å². The van der Waals surface area contributed by atoms with Gasteiger partial charge in [-0.15, -0.1) is 0 Å². The van der Waals surface area contributed by atoms with Crippen LogP contribution in [0.25, 0.3) is 11.0 Å². The van der Waals surface area contributed by atoms with E-state index in [2.05, 4.69) is 15.9 Å². The number of aromatic hydroxyl groups is 1. The summed E-state index contributed by atoms with van der Waals surface area (Å²) in [7, 11) is 0. The molecule has 2 aromatic carbocycles. The van der Waals surface area contributed by atoms with Crippen molar-refractivity contribution in [3.8, 4) is 5.75 Å². The Labute approximate surface area is 169 Å². The number of ketones is 2. The highest BCUT2D eigenvalue weighted by molar-refractivity contribution is 9.10. The van der Waals surface area contributed by atoms with Gasteiger partial charge in [0.25, 0.3) is 0 Å². The molecule has 1 aromatic heterocycles. The predicted molar refractivity (Wildman–Crippen MR) is 109 cm³/mol. The van der Waals surface area contributed by atoms with E-state index in [4.69, 9.17) is 4.42 Å². The number of rotatable bonds is 2. The van der Waals surface area contributed by atoms with Crippen LogP contribution in [0.5, 0.6) is 5.75 Å². The van der Waals surface area contributed by atoms with Gasteiger partial charge in [0.2, 0.25) is 5.78 Å². The summed E-state index contributed by atoms with van der Waals surface area (Å²) in [5.74, 6) is -0.753. The fourth-order valence-electron chi connectivity index (χ4n) is 3.65. The van der Waals surface area contributed by atoms with Gasteiger partial charge in [-0.2, -0.15) is 0 Å². The highest BCUT2D eigenvalue weighted by atomic mass is 79.9. The van der Waals surface area contributed by atoms with Crippen LogP contribution >= 0.6 is 15.9 Å². The van der Waals surface area contributed by atoms with E-state index in [1.54, 1.807) is 13.0 Å². The summed E-state index contributed by atoms with van der Waals surface area (Å²) in [6.07, 6.45) is 0.756. The van der Waals surface area contributed by atoms with E-state index < -0.39 is 5.78 Å². The SMILES string of the molecule is CCC(C)c1cc(=O)c2c(C)cc3c(c2o1)C(=O)c1c(ccc(Br)c1O)C3=O. The molecule has 5 nitrogen and oxygen atoms in total. The van der Waals surface area contributed by atoms with Crippen molar-refractivity contribution in [1.29, 1.82) is 0 Å². The van der Waals surface area contributed by atoms with Crippen molar-refractivity contribution < 1.29 is 19.1 Å². The van der Waals surface area contributed by atoms with Gasteiger partial charge in [-0.05, 0) is 53.0 Å². The van der Waals surface area contributed by atoms with E-state index in [1.165, 1.54) is 18.2 Å². The number of phenolic OH excluding ortho intramolecular Hbond substituents is 1. The van der Waals surface area contributed by atoms with E-state index in [1.807, 2.05) is 13.8 Å². The van der Waals surface area contributed by atoms with Crippen LogP contribution < -0.4 is 5.43 Å². The first-order chi connectivity index (χ1) is 13.3. The number of carbonyl (C=O) groups is 2. The van der Waals surface area contributed by atoms with Gasteiger partial charge in [-0.3, -0.25) is 14.4 Å². The van der Waals surface area contributed by atoms with Crippen LogP contribution in [0.1, 0.15) is 69.4 Å². The maximum Gasteiger partial charge on any atom is 0.202 e. The Balaban J connectivity index is 2.15. The molecule has 4 rings (SSSR count). The molecule has 0 aliphatic heterocycles. The molecule has 1 N–H and O–H groups in total. The summed E-state index contributed by atoms with van der Waals surface area (Å²) < 4.78 is 6.33. The molecule has 0 saturated carbocycles. The number of benzene rings is 2. The van der Waals surface area contributed by atoms with Crippen molar-refractivity contribution in [3.05, 3.63) is 72.5 Å². The Morgan fingerprint density at radius 2 is 1.79 bits per heavy atom. The van der Waals surface area contributed by atoms with Crippen LogP contribution in [-0.4, -0.2) is 16.7 Å². The van der Waals surface area contributed by atoms with Crippen LogP contribution in [0.15, 0.2) is 37.9 Å². The zero-order chi connectivity index (χ0) is 20.3. The minimum absolute atomic E-state index is 0.0162. The van der Waals surface area contributed by atoms with E-state index in [9.17, 15) is 19.5 Å². The maximum atomic E-state index is 13.3. The highest BCUT2D eigenvalue weighted by Crippen LogP contribution is 2.40. The van der Waals surface area contributed by atoms with Crippen molar-refractivity contribution in [2.24, 2.45) is 0 Å². The summed E-state index contributed by atoms with van der Waals surface area (Å²) in [6.45, 7) is 5.62. The average molecular weight is 441 g/mol. The Bertz CT molecular complexity index is 1250. The number of fused-ring (bicyclic) bond motifs is 4. The largest absolute Gasteiger partial charge is 0.506 e. The molecule has 0 saturated heterocycles. The highest BCUT2D eigenvalue weighted by Gasteiger charge is 2.36. The number of halogens is 1. The molecule has 1 heterocycles. The van der Waals surface area contributed by atoms with E-state index in [-0.39, 0.29) is 56.1 Å². The molecule has 0 amide bonds. The Hall–Kier alpha value is -2.73. The van der Waals surface area contributed by atoms with Gasteiger partial charge >= 0.3 is 0 Å². The van der Waals surface area contributed by atoms with E-state index in [0.717, 1.165) is 6.42 Å². The molecular weight excluding hydrogens is 424 g/mol. The smallest absolute Gasteiger partial charge is 0.202 e. The van der Waals surface area contributed by atoms with Crippen molar-refractivity contribution in [2.45, 2.75) is 33.1 Å². The van der Waals surface area contributed by atoms with Gasteiger partial charge in [0, 0.05) is 23.1 Å². The third-order valence-corrected chi connectivity index (χ3v) is 6.03. The molecule has 0 radical (unpaired) electrons. The lowest BCUT2D eigenvalue weighted by atomic mass is 9.81. The minimum atomic E-state index is -0.530. The second-order valence-electron chi connectivity index (χ2n) is 7.12. The third-order valence-electron chi connectivity index (χ3n) is 5.39. The monoisotopic (exact) mass is 440 g/mol. The number of hydrogen-bond acceptors (Lipinski definition) is 5. The zero-order valence-electron chi connectivity index (χ0n) is 15.6. The van der Waals surface area contributed by atoms with Gasteiger partial charge < -0.3 is 9.52 Å². The fraction of sp³-hybridized carbons (Fsp3) is 0.227. The lowest BCUT2D eigenvalue weighted by Crippen LogP contribution is -2.23. The standard InChI is InChI=1S/C22H17BrO5/c1-4-9(2)15-8-14(24)16-10(3)7-12-18(22(16)28-15)21(27)17-11(19(12)25)5-6-13(23)20(17)26/h5-9,26H,4H2,1-3H3. The fourth-order valence-corrected chi connectivity index (χ4v) is 3.98. The second kappa shape index (κ2) is 6.41. The molecule has 1 unspecified atom stereocenters. The molecule has 0 fully saturated rings. The average Bonchev–Trinajstić information content (AvgIpc) is 2.66. The normalized spacial score (nSPS) is 14.1. The van der Waals surface area contributed by atoms with Crippen molar-refractivity contribution in [2.75, 3.05) is 0 Å². The lowest BCUT2D eigenvalue weighted by Gasteiger charge is -2.21. The van der Waals surface area contributed by atoms with Crippen LogP contribution in [0.3, 0.4) is 0 Å². The van der Waals surface area contributed by atoms with Crippen LogP contribution in [-0.2, 0) is 0 Å².